The Kier molecular flexibility index (Phi) is 3.67. The van der Waals surface area contributed by atoms with E-state index in [1.807, 2.05) is 4.90 Å². The molecule has 0 bridgehead atoms. The van der Waals surface area contributed by atoms with E-state index in [0.717, 1.165) is 32.5 Å². The summed E-state index contributed by atoms with van der Waals surface area (Å²) in [6.45, 7) is 4.01. The second-order valence-electron chi connectivity index (χ2n) is 5.91. The minimum atomic E-state index is -0.195. The van der Waals surface area contributed by atoms with Gasteiger partial charge in [-0.3, -0.25) is 4.79 Å². The lowest BCUT2D eigenvalue weighted by atomic mass is 9.86. The molecule has 1 aromatic heterocycles. The van der Waals surface area contributed by atoms with Gasteiger partial charge in [0.05, 0.1) is 0 Å². The number of carbonyl (C=O) groups is 2. The molecular weight excluding hydrogens is 270 g/mol. The maximum atomic E-state index is 12.4. The van der Waals surface area contributed by atoms with Gasteiger partial charge in [0.1, 0.15) is 0 Å². The van der Waals surface area contributed by atoms with Crippen LogP contribution in [0.15, 0.2) is 12.3 Å². The van der Waals surface area contributed by atoms with Gasteiger partial charge >= 0.3 is 6.03 Å². The van der Waals surface area contributed by atoms with Crippen LogP contribution in [0.2, 0.25) is 0 Å². The standard InChI is InChI=1S/C14H21N5O2/c1-11(20)16-12-3-8-19(17-12)13(21)18-9-5-14(6-10-18)4-2-7-15-14/h3,8,15H,2,4-7,9-10H2,1H3,(H,16,17,20). The Hall–Kier alpha value is -1.89. The van der Waals surface area contributed by atoms with Gasteiger partial charge in [-0.1, -0.05) is 0 Å². The van der Waals surface area contributed by atoms with E-state index in [1.54, 1.807) is 12.3 Å². The number of hydrogen-bond acceptors (Lipinski definition) is 4. The Labute approximate surface area is 123 Å². The van der Waals surface area contributed by atoms with E-state index in [0.29, 0.717) is 5.82 Å². The summed E-state index contributed by atoms with van der Waals surface area (Å²) < 4.78 is 1.30. The third-order valence-corrected chi connectivity index (χ3v) is 4.41. The van der Waals surface area contributed by atoms with Crippen LogP contribution in [0.1, 0.15) is 32.6 Å². The molecule has 114 valence electrons. The van der Waals surface area contributed by atoms with Gasteiger partial charge < -0.3 is 15.5 Å². The number of rotatable bonds is 1. The Bertz CT molecular complexity index is 537. The number of nitrogens with one attached hydrogen (secondary N) is 2. The van der Waals surface area contributed by atoms with Crippen LogP contribution in [-0.2, 0) is 4.79 Å². The second-order valence-corrected chi connectivity index (χ2v) is 5.91. The van der Waals surface area contributed by atoms with Crippen LogP contribution in [0.25, 0.3) is 0 Å². The predicted molar refractivity (Wildman–Crippen MR) is 78.1 cm³/mol. The normalized spacial score (nSPS) is 20.7. The van der Waals surface area contributed by atoms with E-state index in [-0.39, 0.29) is 17.5 Å². The van der Waals surface area contributed by atoms with Crippen molar-refractivity contribution in [1.29, 1.82) is 0 Å². The summed E-state index contributed by atoms with van der Waals surface area (Å²) in [6, 6.07) is 1.50. The lowest BCUT2D eigenvalue weighted by Gasteiger charge is -2.39. The SMILES string of the molecule is CC(=O)Nc1ccn(C(=O)N2CCC3(CCCN3)CC2)n1. The first-order valence-electron chi connectivity index (χ1n) is 7.46. The summed E-state index contributed by atoms with van der Waals surface area (Å²) in [7, 11) is 0. The van der Waals surface area contributed by atoms with Gasteiger partial charge in [0.2, 0.25) is 5.91 Å². The lowest BCUT2D eigenvalue weighted by Crippen LogP contribution is -2.52. The van der Waals surface area contributed by atoms with Gasteiger partial charge in [-0.15, -0.1) is 5.10 Å². The molecule has 0 saturated carbocycles. The van der Waals surface area contributed by atoms with Crippen LogP contribution in [0.3, 0.4) is 0 Å². The molecule has 1 aromatic rings. The Balaban J connectivity index is 1.61. The average molecular weight is 291 g/mol. The summed E-state index contributed by atoms with van der Waals surface area (Å²) in [5.41, 5.74) is 0.252. The van der Waals surface area contributed by atoms with Crippen molar-refractivity contribution in [3.8, 4) is 0 Å². The Morgan fingerprint density at radius 1 is 1.33 bits per heavy atom. The third kappa shape index (κ3) is 2.92. The lowest BCUT2D eigenvalue weighted by molar-refractivity contribution is -0.114. The molecule has 7 heteroatoms. The van der Waals surface area contributed by atoms with Crippen molar-refractivity contribution in [1.82, 2.24) is 20.0 Å². The zero-order valence-corrected chi connectivity index (χ0v) is 12.3. The maximum Gasteiger partial charge on any atom is 0.344 e. The van der Waals surface area contributed by atoms with Crippen molar-refractivity contribution in [2.24, 2.45) is 0 Å². The second kappa shape index (κ2) is 5.48. The quantitative estimate of drug-likeness (QED) is 0.810. The summed E-state index contributed by atoms with van der Waals surface area (Å²) in [6.07, 6.45) is 6.03. The van der Waals surface area contributed by atoms with Gasteiger partial charge in [0.25, 0.3) is 0 Å². The number of carbonyl (C=O) groups excluding carboxylic acids is 2. The van der Waals surface area contributed by atoms with E-state index >= 15 is 0 Å². The minimum absolute atomic E-state index is 0.126. The number of anilines is 1. The first kappa shape index (κ1) is 14.1. The summed E-state index contributed by atoms with van der Waals surface area (Å²) >= 11 is 0. The van der Waals surface area contributed by atoms with Crippen molar-refractivity contribution < 1.29 is 9.59 Å². The highest BCUT2D eigenvalue weighted by Gasteiger charge is 2.38. The average Bonchev–Trinajstić information content (AvgIpc) is 3.09. The molecule has 3 heterocycles. The van der Waals surface area contributed by atoms with E-state index in [4.69, 9.17) is 0 Å². The monoisotopic (exact) mass is 291 g/mol. The Morgan fingerprint density at radius 3 is 2.71 bits per heavy atom. The molecule has 2 amide bonds. The number of likely N-dealkylation sites (tertiary alicyclic amines) is 1. The first-order valence-corrected chi connectivity index (χ1v) is 7.46. The molecule has 0 radical (unpaired) electrons. The topological polar surface area (TPSA) is 79.3 Å². The van der Waals surface area contributed by atoms with Crippen molar-refractivity contribution in [3.63, 3.8) is 0 Å². The van der Waals surface area contributed by atoms with E-state index in [1.165, 1.54) is 24.4 Å². The molecule has 3 rings (SSSR count). The van der Waals surface area contributed by atoms with Crippen LogP contribution >= 0.6 is 0 Å². The minimum Gasteiger partial charge on any atom is -0.323 e. The summed E-state index contributed by atoms with van der Waals surface area (Å²) in [5.74, 6) is 0.210. The molecule has 2 fully saturated rings. The first-order chi connectivity index (χ1) is 10.1. The van der Waals surface area contributed by atoms with E-state index in [9.17, 15) is 9.59 Å². The van der Waals surface area contributed by atoms with Gasteiger partial charge in [0, 0.05) is 37.8 Å². The predicted octanol–water partition coefficient (Wildman–Crippen LogP) is 1.03. The fraction of sp³-hybridized carbons (Fsp3) is 0.643. The highest BCUT2D eigenvalue weighted by atomic mass is 16.2. The highest BCUT2D eigenvalue weighted by molar-refractivity contribution is 5.87. The van der Waals surface area contributed by atoms with E-state index in [2.05, 4.69) is 15.7 Å². The van der Waals surface area contributed by atoms with Gasteiger partial charge in [-0.2, -0.15) is 4.68 Å². The highest BCUT2D eigenvalue weighted by Crippen LogP contribution is 2.30. The molecule has 2 saturated heterocycles. The summed E-state index contributed by atoms with van der Waals surface area (Å²) in [5, 5.41) is 10.3. The maximum absolute atomic E-state index is 12.4. The number of piperidine rings is 1. The van der Waals surface area contributed by atoms with Crippen LogP contribution in [-0.4, -0.2) is 51.8 Å². The molecule has 0 atom stereocenters. The van der Waals surface area contributed by atoms with Gasteiger partial charge in [0.15, 0.2) is 5.82 Å². The van der Waals surface area contributed by atoms with Crippen LogP contribution in [0, 0.1) is 0 Å². The molecule has 21 heavy (non-hydrogen) atoms. The van der Waals surface area contributed by atoms with Crippen molar-refractivity contribution in [2.75, 3.05) is 25.0 Å². The molecule has 1 spiro atoms. The smallest absolute Gasteiger partial charge is 0.323 e. The van der Waals surface area contributed by atoms with Crippen LogP contribution in [0.5, 0.6) is 0 Å². The molecule has 2 N–H and O–H groups in total. The van der Waals surface area contributed by atoms with Crippen LogP contribution in [0.4, 0.5) is 10.6 Å². The third-order valence-electron chi connectivity index (χ3n) is 4.41. The van der Waals surface area contributed by atoms with Crippen molar-refractivity contribution in [2.45, 2.75) is 38.1 Å². The molecule has 7 nitrogen and oxygen atoms in total. The Morgan fingerprint density at radius 2 is 2.10 bits per heavy atom. The van der Waals surface area contributed by atoms with Crippen molar-refractivity contribution >= 4 is 17.8 Å². The largest absolute Gasteiger partial charge is 0.344 e. The van der Waals surface area contributed by atoms with Gasteiger partial charge in [-0.05, 0) is 32.2 Å². The molecule has 0 unspecified atom stereocenters. The zero-order valence-electron chi connectivity index (χ0n) is 12.3. The molecule has 2 aliphatic rings. The fourth-order valence-electron chi connectivity index (χ4n) is 3.24. The number of amides is 2. The molecular formula is C14H21N5O2. The summed E-state index contributed by atoms with van der Waals surface area (Å²) in [4.78, 5) is 25.2. The van der Waals surface area contributed by atoms with Crippen molar-refractivity contribution in [3.05, 3.63) is 12.3 Å². The fourth-order valence-corrected chi connectivity index (χ4v) is 3.24. The molecule has 0 aliphatic carbocycles. The number of nitrogens with zero attached hydrogens (tertiary/aromatic N) is 3. The molecule has 0 aromatic carbocycles. The number of hydrogen-bond donors (Lipinski definition) is 2. The number of aromatic nitrogens is 2. The van der Waals surface area contributed by atoms with Crippen LogP contribution < -0.4 is 10.6 Å². The van der Waals surface area contributed by atoms with Gasteiger partial charge in [-0.25, -0.2) is 4.79 Å². The molecule has 2 aliphatic heterocycles. The zero-order chi connectivity index (χ0) is 14.9. The van der Waals surface area contributed by atoms with E-state index < -0.39 is 0 Å².